The highest BCUT2D eigenvalue weighted by atomic mass is 16.3. The summed E-state index contributed by atoms with van der Waals surface area (Å²) < 4.78 is 4.34. The van der Waals surface area contributed by atoms with Gasteiger partial charge in [-0.1, -0.05) is 30.3 Å². The zero-order chi connectivity index (χ0) is 18.9. The Morgan fingerprint density at radius 3 is 2.93 bits per heavy atom. The van der Waals surface area contributed by atoms with Crippen molar-refractivity contribution in [3.8, 4) is 11.4 Å². The third-order valence-corrected chi connectivity index (χ3v) is 6.09. The van der Waals surface area contributed by atoms with Crippen LogP contribution in [-0.2, 0) is 26.1 Å². The number of aromatic nitrogens is 4. The zero-order valence-electron chi connectivity index (χ0n) is 16.0. The van der Waals surface area contributed by atoms with E-state index in [0.29, 0.717) is 5.92 Å². The number of fused-ring (bicyclic) bond motifs is 1. The maximum atomic E-state index is 10.6. The van der Waals surface area contributed by atoms with Crippen LogP contribution in [0.25, 0.3) is 11.4 Å². The van der Waals surface area contributed by atoms with E-state index in [1.165, 1.54) is 12.1 Å². The van der Waals surface area contributed by atoms with Gasteiger partial charge in [0.15, 0.2) is 0 Å². The van der Waals surface area contributed by atoms with Crippen LogP contribution in [-0.4, -0.2) is 36.6 Å². The lowest BCUT2D eigenvalue weighted by Gasteiger charge is -2.16. The lowest BCUT2D eigenvalue weighted by Crippen LogP contribution is -2.35. The van der Waals surface area contributed by atoms with Crippen molar-refractivity contribution >= 4 is 0 Å². The van der Waals surface area contributed by atoms with Crippen LogP contribution < -0.4 is 5.32 Å². The van der Waals surface area contributed by atoms with E-state index < -0.39 is 0 Å². The maximum Gasteiger partial charge on any atom is 0.139 e. The zero-order valence-corrected chi connectivity index (χ0v) is 16.0. The molecule has 6 nitrogen and oxygen atoms in total. The number of aliphatic hydroxyl groups excluding tert-OH is 1. The molecule has 1 aliphatic heterocycles. The van der Waals surface area contributed by atoms with Crippen LogP contribution in [0.4, 0.5) is 0 Å². The van der Waals surface area contributed by atoms with Crippen molar-refractivity contribution in [1.29, 1.82) is 0 Å². The summed E-state index contributed by atoms with van der Waals surface area (Å²) >= 11 is 0. The van der Waals surface area contributed by atoms with Crippen LogP contribution in [0.5, 0.6) is 0 Å². The highest BCUT2D eigenvalue weighted by Gasteiger charge is 2.33. The summed E-state index contributed by atoms with van der Waals surface area (Å²) in [7, 11) is 0. The highest BCUT2D eigenvalue weighted by molar-refractivity contribution is 5.55. The van der Waals surface area contributed by atoms with Crippen molar-refractivity contribution in [2.75, 3.05) is 0 Å². The second-order valence-electron chi connectivity index (χ2n) is 8.12. The van der Waals surface area contributed by atoms with Gasteiger partial charge >= 0.3 is 0 Å². The molecule has 1 aromatic carbocycles. The molecule has 6 heteroatoms. The van der Waals surface area contributed by atoms with Gasteiger partial charge in [0.2, 0.25) is 0 Å². The molecule has 2 aromatic heterocycles. The van der Waals surface area contributed by atoms with E-state index in [1.807, 2.05) is 30.6 Å². The minimum Gasteiger partial charge on any atom is -0.391 e. The smallest absolute Gasteiger partial charge is 0.139 e. The largest absolute Gasteiger partial charge is 0.391 e. The summed E-state index contributed by atoms with van der Waals surface area (Å²) in [5, 5.41) is 18.8. The number of hydrogen-bond donors (Lipinski definition) is 2. The molecule has 5 rings (SSSR count). The minimum atomic E-state index is -0.303. The number of benzene rings is 1. The molecule has 2 N–H and O–H groups in total. The summed E-state index contributed by atoms with van der Waals surface area (Å²) in [5.41, 5.74) is 3.56. The molecule has 146 valence electrons. The number of rotatable bonds is 6. The molecule has 1 aliphatic carbocycles. The lowest BCUT2D eigenvalue weighted by atomic mass is 10.1. The van der Waals surface area contributed by atoms with Crippen molar-refractivity contribution in [2.24, 2.45) is 5.92 Å². The van der Waals surface area contributed by atoms with E-state index in [0.717, 1.165) is 56.0 Å². The number of aliphatic hydroxyl groups is 1. The van der Waals surface area contributed by atoms with Crippen molar-refractivity contribution in [1.82, 2.24) is 24.6 Å². The Balaban J connectivity index is 1.20. The topological polar surface area (TPSA) is 67.9 Å². The average Bonchev–Trinajstić information content (AvgIpc) is 3.46. The van der Waals surface area contributed by atoms with Gasteiger partial charge in [-0.15, -0.1) is 0 Å². The Kier molecular flexibility index (Phi) is 4.74. The summed E-state index contributed by atoms with van der Waals surface area (Å²) in [4.78, 5) is 4.54. The maximum absolute atomic E-state index is 10.6. The Labute approximate surface area is 165 Å². The summed E-state index contributed by atoms with van der Waals surface area (Å²) in [6.07, 6.45) is 7.74. The fraction of sp³-hybridized carbons (Fsp3) is 0.455. The van der Waals surface area contributed by atoms with Crippen LogP contribution in [0.1, 0.15) is 30.7 Å². The first-order valence-corrected chi connectivity index (χ1v) is 10.3. The fourth-order valence-electron chi connectivity index (χ4n) is 4.71. The van der Waals surface area contributed by atoms with Crippen LogP contribution in [0.2, 0.25) is 0 Å². The van der Waals surface area contributed by atoms with Crippen LogP contribution in [0.15, 0.2) is 48.8 Å². The number of imidazole rings is 1. The summed E-state index contributed by atoms with van der Waals surface area (Å²) in [6, 6.07) is 12.6. The normalized spacial score (nSPS) is 24.0. The molecule has 1 unspecified atom stereocenters. The van der Waals surface area contributed by atoms with Gasteiger partial charge in [0.1, 0.15) is 5.82 Å². The predicted octanol–water partition coefficient (Wildman–Crippen LogP) is 2.62. The summed E-state index contributed by atoms with van der Waals surface area (Å²) in [5.74, 6) is 1.44. The van der Waals surface area contributed by atoms with Gasteiger partial charge < -0.3 is 15.0 Å². The molecular formula is C22H27N5O. The standard InChI is InChI=1S/C22H27N5O/c28-21-12-16(15-26-10-8-23-22(26)17-5-2-1-3-6-17)11-20(21)24-14-18-13-19-7-4-9-27(19)25-18/h1-3,5-6,8,10,13,16,20-21,24,28H,4,7,9,11-12,14-15H2/t16?,20-,21-/m1/s1. The van der Waals surface area contributed by atoms with E-state index in [4.69, 9.17) is 0 Å². The Bertz CT molecular complexity index is 910. The molecule has 3 aromatic rings. The monoisotopic (exact) mass is 377 g/mol. The third-order valence-electron chi connectivity index (χ3n) is 6.09. The second-order valence-corrected chi connectivity index (χ2v) is 8.12. The average molecular weight is 377 g/mol. The summed E-state index contributed by atoms with van der Waals surface area (Å²) in [6.45, 7) is 2.66. The van der Waals surface area contributed by atoms with Gasteiger partial charge in [0.05, 0.1) is 11.8 Å². The molecule has 1 fully saturated rings. The van der Waals surface area contributed by atoms with Gasteiger partial charge in [-0.25, -0.2) is 4.98 Å². The van der Waals surface area contributed by atoms with Crippen molar-refractivity contribution in [3.05, 3.63) is 60.2 Å². The number of aryl methyl sites for hydroxylation is 2. The molecule has 28 heavy (non-hydrogen) atoms. The highest BCUT2D eigenvalue weighted by Crippen LogP contribution is 2.29. The quantitative estimate of drug-likeness (QED) is 0.693. The first-order valence-electron chi connectivity index (χ1n) is 10.3. The molecule has 3 heterocycles. The van der Waals surface area contributed by atoms with Crippen molar-refractivity contribution in [3.63, 3.8) is 0 Å². The van der Waals surface area contributed by atoms with E-state index in [-0.39, 0.29) is 12.1 Å². The molecule has 0 spiro atoms. The van der Waals surface area contributed by atoms with Gasteiger partial charge in [-0.2, -0.15) is 5.10 Å². The first kappa shape index (κ1) is 17.6. The van der Waals surface area contributed by atoms with Gasteiger partial charge in [0, 0.05) is 49.3 Å². The lowest BCUT2D eigenvalue weighted by molar-refractivity contribution is 0.145. The molecule has 0 radical (unpaired) electrons. The second kappa shape index (κ2) is 7.53. The molecule has 2 aliphatic rings. The van der Waals surface area contributed by atoms with E-state index in [2.05, 4.69) is 42.8 Å². The first-order chi connectivity index (χ1) is 13.8. The van der Waals surface area contributed by atoms with Crippen molar-refractivity contribution in [2.45, 2.75) is 57.5 Å². The number of hydrogen-bond acceptors (Lipinski definition) is 4. The SMILES string of the molecule is O[C@@H]1CC(Cn2ccnc2-c2ccccc2)C[C@H]1NCc1cc2n(n1)CCC2. The van der Waals surface area contributed by atoms with Crippen LogP contribution in [0, 0.1) is 5.92 Å². The van der Waals surface area contributed by atoms with E-state index >= 15 is 0 Å². The minimum absolute atomic E-state index is 0.130. The molecule has 1 saturated carbocycles. The van der Waals surface area contributed by atoms with Crippen LogP contribution in [0.3, 0.4) is 0 Å². The predicted molar refractivity (Wildman–Crippen MR) is 108 cm³/mol. The van der Waals surface area contributed by atoms with E-state index in [1.54, 1.807) is 0 Å². The number of nitrogens with one attached hydrogen (secondary N) is 1. The number of nitrogens with zero attached hydrogens (tertiary/aromatic N) is 4. The Hall–Kier alpha value is -2.44. The molecule has 0 amide bonds. The van der Waals surface area contributed by atoms with Crippen molar-refractivity contribution < 1.29 is 5.11 Å². The Morgan fingerprint density at radius 2 is 2.07 bits per heavy atom. The van der Waals surface area contributed by atoms with Crippen LogP contribution >= 0.6 is 0 Å². The molecule has 3 atom stereocenters. The van der Waals surface area contributed by atoms with Gasteiger partial charge in [-0.05, 0) is 37.7 Å². The third kappa shape index (κ3) is 3.50. The molecule has 0 bridgehead atoms. The van der Waals surface area contributed by atoms with Gasteiger partial charge in [-0.3, -0.25) is 4.68 Å². The van der Waals surface area contributed by atoms with Gasteiger partial charge in [0.25, 0.3) is 0 Å². The van der Waals surface area contributed by atoms with E-state index in [9.17, 15) is 5.11 Å². The Morgan fingerprint density at radius 1 is 1.18 bits per heavy atom. The molecular weight excluding hydrogens is 350 g/mol. The molecule has 0 saturated heterocycles. The fourth-order valence-corrected chi connectivity index (χ4v) is 4.71.